The van der Waals surface area contributed by atoms with E-state index in [-0.39, 0.29) is 25.2 Å². The topological polar surface area (TPSA) is 61.8 Å². The van der Waals surface area contributed by atoms with Crippen molar-refractivity contribution >= 4 is 11.9 Å². The van der Waals surface area contributed by atoms with Gasteiger partial charge in [-0.2, -0.15) is 0 Å². The molecule has 0 fully saturated rings. The number of hydrogen-bond acceptors (Lipinski definition) is 5. The largest absolute Gasteiger partial charge is 0.462 e. The van der Waals surface area contributed by atoms with Crippen molar-refractivity contribution in [2.75, 3.05) is 19.8 Å². The summed E-state index contributed by atoms with van der Waals surface area (Å²) >= 11 is 0. The first-order valence-corrected chi connectivity index (χ1v) is 28.1. The molecule has 0 spiro atoms. The summed E-state index contributed by atoms with van der Waals surface area (Å²) in [6.07, 6.45) is 80.7. The zero-order valence-electron chi connectivity index (χ0n) is 44.3. The van der Waals surface area contributed by atoms with Crippen LogP contribution in [-0.4, -0.2) is 37.9 Å². The first kappa shape index (κ1) is 64.3. The van der Waals surface area contributed by atoms with Crippen LogP contribution < -0.4 is 0 Å². The van der Waals surface area contributed by atoms with Gasteiger partial charge in [0.2, 0.25) is 0 Å². The molecule has 0 radical (unpaired) electrons. The quantitative estimate of drug-likeness (QED) is 0.0345. The van der Waals surface area contributed by atoms with Gasteiger partial charge in [0.05, 0.1) is 6.61 Å². The summed E-state index contributed by atoms with van der Waals surface area (Å²) in [7, 11) is 0. The lowest BCUT2D eigenvalue weighted by Crippen LogP contribution is -2.30. The molecule has 0 heterocycles. The van der Waals surface area contributed by atoms with Crippen LogP contribution in [0.3, 0.4) is 0 Å². The molecule has 0 aromatic rings. The van der Waals surface area contributed by atoms with Gasteiger partial charge in [-0.15, -0.1) is 0 Å². The lowest BCUT2D eigenvalue weighted by molar-refractivity contribution is -0.163. The molecule has 386 valence electrons. The summed E-state index contributed by atoms with van der Waals surface area (Å²) in [6.45, 7) is 7.47. The van der Waals surface area contributed by atoms with Gasteiger partial charge in [0.15, 0.2) is 6.10 Å². The van der Waals surface area contributed by atoms with Crippen LogP contribution in [0.1, 0.15) is 239 Å². The number of ether oxygens (including phenoxy) is 3. The van der Waals surface area contributed by atoms with E-state index in [0.717, 1.165) is 128 Å². The predicted molar refractivity (Wildman–Crippen MR) is 297 cm³/mol. The Morgan fingerprint density at radius 3 is 1.07 bits per heavy atom. The summed E-state index contributed by atoms with van der Waals surface area (Å²) in [4.78, 5) is 25.5. The Bertz CT molecular complexity index is 1390. The average Bonchev–Trinajstić information content (AvgIpc) is 3.34. The van der Waals surface area contributed by atoms with Gasteiger partial charge >= 0.3 is 11.9 Å². The summed E-state index contributed by atoms with van der Waals surface area (Å²) < 4.78 is 17.4. The predicted octanol–water partition coefficient (Wildman–Crippen LogP) is 19.3. The average molecular weight is 942 g/mol. The van der Waals surface area contributed by atoms with Gasteiger partial charge in [0.25, 0.3) is 0 Å². The molecule has 0 bridgehead atoms. The molecule has 0 rings (SSSR count). The highest BCUT2D eigenvalue weighted by molar-refractivity contribution is 5.70. The SMILES string of the molecule is CC/C=C\C/C=C\C/C=C\C/C=C\C/C=C\CCCCOCC(COC(=O)CCCCCCCC/C=C\C/C=C\C/C=C\C/C=C\CC)OC(=O)CCCCCCC/C=C\CCCCCCCC. The number of rotatable bonds is 50. The monoisotopic (exact) mass is 941 g/mol. The van der Waals surface area contributed by atoms with Gasteiger partial charge in [0, 0.05) is 19.4 Å². The van der Waals surface area contributed by atoms with Gasteiger partial charge in [-0.1, -0.05) is 219 Å². The van der Waals surface area contributed by atoms with E-state index in [9.17, 15) is 9.59 Å². The molecule has 68 heavy (non-hydrogen) atoms. The maximum atomic E-state index is 12.8. The van der Waals surface area contributed by atoms with Gasteiger partial charge in [0.1, 0.15) is 6.61 Å². The highest BCUT2D eigenvalue weighted by Crippen LogP contribution is 2.13. The summed E-state index contributed by atoms with van der Waals surface area (Å²) in [5, 5.41) is 0. The number of carbonyl (C=O) groups excluding carboxylic acids is 2. The molecule has 0 amide bonds. The third-order valence-corrected chi connectivity index (χ3v) is 11.5. The number of esters is 2. The molecule has 1 atom stereocenters. The van der Waals surface area contributed by atoms with Crippen LogP contribution in [0, 0.1) is 0 Å². The number of carbonyl (C=O) groups is 2. The minimum Gasteiger partial charge on any atom is -0.462 e. The van der Waals surface area contributed by atoms with Crippen molar-refractivity contribution in [2.45, 2.75) is 245 Å². The minimum absolute atomic E-state index is 0.0499. The Morgan fingerprint density at radius 1 is 0.338 bits per heavy atom. The van der Waals surface area contributed by atoms with Crippen molar-refractivity contribution < 1.29 is 23.8 Å². The van der Waals surface area contributed by atoms with Crippen molar-refractivity contribution in [1.82, 2.24) is 0 Å². The second kappa shape index (κ2) is 57.6. The van der Waals surface area contributed by atoms with E-state index in [1.807, 2.05) is 0 Å². The van der Waals surface area contributed by atoms with E-state index in [4.69, 9.17) is 14.2 Å². The number of hydrogen-bond donors (Lipinski definition) is 0. The van der Waals surface area contributed by atoms with Gasteiger partial charge in [-0.3, -0.25) is 9.59 Å². The molecule has 1 unspecified atom stereocenters. The molecular formula is C63H104O5. The molecule has 5 nitrogen and oxygen atoms in total. The fourth-order valence-corrected chi connectivity index (χ4v) is 7.34. The smallest absolute Gasteiger partial charge is 0.306 e. The maximum Gasteiger partial charge on any atom is 0.306 e. The third kappa shape index (κ3) is 54.9. The van der Waals surface area contributed by atoms with Crippen molar-refractivity contribution in [1.29, 1.82) is 0 Å². The normalized spacial score (nSPS) is 13.2. The molecule has 0 aliphatic carbocycles. The van der Waals surface area contributed by atoms with E-state index >= 15 is 0 Å². The zero-order valence-corrected chi connectivity index (χ0v) is 44.3. The number of unbranched alkanes of at least 4 members (excludes halogenated alkanes) is 19. The standard InChI is InChI=1S/C63H104O5/c1-4-7-10-13-16-19-22-25-28-30-32-33-36-38-41-44-47-50-53-56-62(64)67-60-61(68-63(65)57-54-51-48-45-42-39-35-27-24-21-18-15-12-9-6-3)59-66-58-55-52-49-46-43-40-37-34-31-29-26-23-20-17-14-11-8-5-2/h7-8,10-11,16-17,19-20,25-29,32-35,37,43,46,61H,4-6,9,12-15,18,21-24,30-31,36,38-42,44-45,47-60H2,1-3H3/b10-7-,11-8-,19-16-,20-17-,28-25-,29-26-,33-32-,35-27-,37-34-,46-43-. The van der Waals surface area contributed by atoms with Gasteiger partial charge in [-0.05, 0) is 128 Å². The fourth-order valence-electron chi connectivity index (χ4n) is 7.34. The van der Waals surface area contributed by atoms with E-state index in [1.54, 1.807) is 0 Å². The van der Waals surface area contributed by atoms with Crippen molar-refractivity contribution in [2.24, 2.45) is 0 Å². The van der Waals surface area contributed by atoms with Crippen molar-refractivity contribution in [3.63, 3.8) is 0 Å². The first-order valence-electron chi connectivity index (χ1n) is 28.1. The highest BCUT2D eigenvalue weighted by Gasteiger charge is 2.17. The second-order valence-corrected chi connectivity index (χ2v) is 18.1. The third-order valence-electron chi connectivity index (χ3n) is 11.5. The van der Waals surface area contributed by atoms with Crippen LogP contribution in [0.15, 0.2) is 122 Å². The molecular weight excluding hydrogens is 837 g/mol. The van der Waals surface area contributed by atoms with Crippen LogP contribution in [0.25, 0.3) is 0 Å². The van der Waals surface area contributed by atoms with Gasteiger partial charge in [-0.25, -0.2) is 0 Å². The zero-order chi connectivity index (χ0) is 49.2. The number of allylic oxidation sites excluding steroid dienone is 20. The summed E-state index contributed by atoms with van der Waals surface area (Å²) in [6, 6.07) is 0. The van der Waals surface area contributed by atoms with Crippen LogP contribution in [0.4, 0.5) is 0 Å². The summed E-state index contributed by atoms with van der Waals surface area (Å²) in [5.74, 6) is -0.452. The summed E-state index contributed by atoms with van der Waals surface area (Å²) in [5.41, 5.74) is 0. The van der Waals surface area contributed by atoms with E-state index in [1.165, 1.54) is 77.0 Å². The van der Waals surface area contributed by atoms with Crippen LogP contribution >= 0.6 is 0 Å². The second-order valence-electron chi connectivity index (χ2n) is 18.1. The Balaban J connectivity index is 4.41. The molecule has 0 saturated heterocycles. The molecule has 0 aromatic heterocycles. The molecule has 5 heteroatoms. The lowest BCUT2D eigenvalue weighted by atomic mass is 10.1. The van der Waals surface area contributed by atoms with E-state index in [0.29, 0.717) is 19.4 Å². The maximum absolute atomic E-state index is 12.8. The molecule has 0 aliphatic heterocycles. The van der Waals surface area contributed by atoms with Crippen LogP contribution in [0.2, 0.25) is 0 Å². The minimum atomic E-state index is -0.578. The van der Waals surface area contributed by atoms with E-state index in [2.05, 4.69) is 142 Å². The van der Waals surface area contributed by atoms with Crippen molar-refractivity contribution in [3.05, 3.63) is 122 Å². The van der Waals surface area contributed by atoms with Crippen molar-refractivity contribution in [3.8, 4) is 0 Å². The molecule has 0 aliphatic rings. The lowest BCUT2D eigenvalue weighted by Gasteiger charge is -2.18. The molecule has 0 aromatic carbocycles. The Hall–Kier alpha value is -3.70. The first-order chi connectivity index (χ1) is 33.6. The Morgan fingerprint density at radius 2 is 0.662 bits per heavy atom. The van der Waals surface area contributed by atoms with Crippen LogP contribution in [0.5, 0.6) is 0 Å². The Labute approximate surface area is 420 Å². The molecule has 0 N–H and O–H groups in total. The van der Waals surface area contributed by atoms with Gasteiger partial charge < -0.3 is 14.2 Å². The van der Waals surface area contributed by atoms with E-state index < -0.39 is 6.10 Å². The Kier molecular flexibility index (Phi) is 54.5. The molecule has 0 saturated carbocycles. The fraction of sp³-hybridized carbons (Fsp3) is 0.651. The highest BCUT2D eigenvalue weighted by atomic mass is 16.6. The van der Waals surface area contributed by atoms with Crippen LogP contribution in [-0.2, 0) is 23.8 Å².